The number of alkyl halides is 4. The summed E-state index contributed by atoms with van der Waals surface area (Å²) in [6.45, 7) is 6.11. The summed E-state index contributed by atoms with van der Waals surface area (Å²) < 4.78 is 55.7. The molecule has 7 amide bonds. The zero-order valence-corrected chi connectivity index (χ0v) is 38.8. The number of nitrogens with one attached hydrogen (secondary N) is 4. The lowest BCUT2D eigenvalue weighted by Crippen LogP contribution is -2.62. The molecule has 2 saturated heterocycles. The van der Waals surface area contributed by atoms with Crippen LogP contribution in [0.1, 0.15) is 98.0 Å². The monoisotopic (exact) mass is 949 g/mol. The van der Waals surface area contributed by atoms with Crippen molar-refractivity contribution in [1.29, 1.82) is 0 Å². The molecule has 0 aromatic heterocycles. The first-order valence-electron chi connectivity index (χ1n) is 21.6. The lowest BCUT2D eigenvalue weighted by Gasteiger charge is -2.37. The van der Waals surface area contributed by atoms with Crippen LogP contribution in [0.5, 0.6) is 0 Å². The number of benzene rings is 1. The summed E-state index contributed by atoms with van der Waals surface area (Å²) in [5.41, 5.74) is -4.93. The molecule has 1 aliphatic carbocycles. The van der Waals surface area contributed by atoms with Crippen molar-refractivity contribution in [1.82, 2.24) is 36.0 Å². The second-order valence-corrected chi connectivity index (χ2v) is 19.2. The van der Waals surface area contributed by atoms with Crippen LogP contribution in [0.25, 0.3) is 0 Å². The summed E-state index contributed by atoms with van der Waals surface area (Å²) in [6.07, 6.45) is -5.15. The molecule has 21 heteroatoms. The minimum atomic E-state index is -5.44. The van der Waals surface area contributed by atoms with Crippen LogP contribution in [0.3, 0.4) is 0 Å². The van der Waals surface area contributed by atoms with E-state index in [0.29, 0.717) is 34.7 Å². The third-order valence-corrected chi connectivity index (χ3v) is 13.0. The van der Waals surface area contributed by atoms with Gasteiger partial charge in [-0.15, -0.1) is 0 Å². The van der Waals surface area contributed by atoms with E-state index in [0.717, 1.165) is 11.3 Å². The summed E-state index contributed by atoms with van der Waals surface area (Å²) in [7, 11) is 2.72. The standard InChI is InChI=1S/C43H61Cl2F4N7O8/c1-23(2)17-29-37(60)55(7)32(20-25-19-26(44)14-15-28(25)45)36(59)53-41(3,4)39(62)50-16-9-8-13-31(34(57)51-29)54(6)38(61)30(18-24-11-10-12-24)52-35(58)33-21-27(46)22-56(33)40(63)42(5,64)43(47,48)49/h14-15,19,23-24,27,29-33,64H,8-13,16-18,20-22H2,1-7H3,(H,50,62)(H,51,57)(H,52,58)(H,53,59)/t27-,29+,30+,31+,32+,33+,42-/m1/s1. The first kappa shape index (κ1) is 52.4. The van der Waals surface area contributed by atoms with Crippen LogP contribution in [0.4, 0.5) is 17.6 Å². The maximum absolute atomic E-state index is 14.7. The highest BCUT2D eigenvalue weighted by Crippen LogP contribution is 2.35. The number of rotatable bonds is 11. The van der Waals surface area contributed by atoms with Crippen LogP contribution in [-0.4, -0.2) is 142 Å². The number of nitrogens with zero attached hydrogens (tertiary/aromatic N) is 3. The molecule has 3 fully saturated rings. The van der Waals surface area contributed by atoms with Crippen molar-refractivity contribution in [2.24, 2.45) is 11.8 Å². The van der Waals surface area contributed by atoms with Gasteiger partial charge >= 0.3 is 6.18 Å². The van der Waals surface area contributed by atoms with Gasteiger partial charge in [0.25, 0.3) is 5.91 Å². The Kier molecular flexibility index (Phi) is 17.5. The van der Waals surface area contributed by atoms with Gasteiger partial charge in [0, 0.05) is 43.5 Å². The number of likely N-dealkylation sites (N-methyl/N-ethyl adjacent to an activating group) is 2. The molecular formula is C43H61Cl2F4N7O8. The number of likely N-dealkylation sites (tertiary alicyclic amines) is 1. The highest BCUT2D eigenvalue weighted by Gasteiger charge is 2.59. The second-order valence-electron chi connectivity index (χ2n) is 18.4. The Labute approximate surface area is 381 Å². The van der Waals surface area contributed by atoms with Gasteiger partial charge in [-0.2, -0.15) is 13.2 Å². The van der Waals surface area contributed by atoms with Crippen LogP contribution in [-0.2, 0) is 40.0 Å². The van der Waals surface area contributed by atoms with E-state index in [1.807, 2.05) is 13.8 Å². The van der Waals surface area contributed by atoms with Crippen LogP contribution < -0.4 is 21.3 Å². The van der Waals surface area contributed by atoms with E-state index in [2.05, 4.69) is 21.3 Å². The van der Waals surface area contributed by atoms with Crippen LogP contribution in [0.15, 0.2) is 18.2 Å². The van der Waals surface area contributed by atoms with E-state index in [4.69, 9.17) is 23.2 Å². The fraction of sp³-hybridized carbons (Fsp3) is 0.698. The minimum Gasteiger partial charge on any atom is -0.373 e. The SMILES string of the molecule is CC(C)C[C@@H]1NC(=O)[C@@H](N(C)C(=O)[C@H](CC2CCC2)NC(=O)[C@@H]2C[C@@H](F)CN2C(=O)[C@@](C)(O)C(F)(F)F)CCCCNC(=O)C(C)(C)NC(=O)[C@H](Cc2cc(Cl)ccc2Cl)N(C)C1=O. The average molecular weight is 951 g/mol. The van der Waals surface area contributed by atoms with E-state index in [1.165, 1.54) is 32.8 Å². The Hall–Kier alpha value is -4.23. The lowest BCUT2D eigenvalue weighted by molar-refractivity contribution is -0.250. The predicted octanol–water partition coefficient (Wildman–Crippen LogP) is 3.84. The van der Waals surface area contributed by atoms with Crippen LogP contribution in [0, 0.1) is 11.8 Å². The van der Waals surface area contributed by atoms with Gasteiger partial charge in [0.15, 0.2) is 0 Å². The van der Waals surface area contributed by atoms with E-state index in [9.17, 15) is 56.2 Å². The van der Waals surface area contributed by atoms with Gasteiger partial charge in [0.1, 0.15) is 41.9 Å². The molecule has 358 valence electrons. The highest BCUT2D eigenvalue weighted by molar-refractivity contribution is 6.33. The number of carbonyl (C=O) groups is 7. The Bertz CT molecular complexity index is 1920. The van der Waals surface area contributed by atoms with E-state index in [1.54, 1.807) is 18.2 Å². The molecule has 1 aromatic carbocycles. The summed E-state index contributed by atoms with van der Waals surface area (Å²) in [5, 5.41) is 21.6. The van der Waals surface area contributed by atoms with Crippen molar-refractivity contribution < 1.29 is 56.2 Å². The molecule has 2 heterocycles. The number of hydrogen-bond donors (Lipinski definition) is 5. The Morgan fingerprint density at radius 3 is 2.27 bits per heavy atom. The lowest BCUT2D eigenvalue weighted by atomic mass is 9.80. The van der Waals surface area contributed by atoms with Gasteiger partial charge in [-0.3, -0.25) is 33.6 Å². The molecule has 2 aliphatic heterocycles. The molecule has 0 spiro atoms. The van der Waals surface area contributed by atoms with E-state index >= 15 is 0 Å². The van der Waals surface area contributed by atoms with Crippen LogP contribution in [0.2, 0.25) is 10.0 Å². The minimum absolute atomic E-state index is 0.0173. The second kappa shape index (κ2) is 21.4. The average Bonchev–Trinajstić information content (AvgIpc) is 3.58. The Morgan fingerprint density at radius 1 is 1.02 bits per heavy atom. The van der Waals surface area contributed by atoms with Crippen molar-refractivity contribution in [3.63, 3.8) is 0 Å². The molecule has 3 aliphatic rings. The Balaban J connectivity index is 1.68. The molecule has 7 atom stereocenters. The fourth-order valence-corrected chi connectivity index (χ4v) is 8.51. The largest absolute Gasteiger partial charge is 0.426 e. The van der Waals surface area contributed by atoms with E-state index < -0.39 is 108 Å². The molecule has 5 N–H and O–H groups in total. The van der Waals surface area contributed by atoms with Gasteiger partial charge in [0.05, 0.1) is 6.54 Å². The summed E-state index contributed by atoms with van der Waals surface area (Å²) >= 11 is 12.8. The van der Waals surface area contributed by atoms with Gasteiger partial charge in [-0.05, 0) is 88.5 Å². The molecule has 0 unspecified atom stereocenters. The smallest absolute Gasteiger partial charge is 0.373 e. The first-order valence-corrected chi connectivity index (χ1v) is 22.3. The third kappa shape index (κ3) is 12.8. The van der Waals surface area contributed by atoms with Crippen molar-refractivity contribution in [3.05, 3.63) is 33.8 Å². The molecule has 64 heavy (non-hydrogen) atoms. The topological polar surface area (TPSA) is 198 Å². The molecule has 0 bridgehead atoms. The summed E-state index contributed by atoms with van der Waals surface area (Å²) in [4.78, 5) is 100. The molecule has 4 rings (SSSR count). The number of amides is 7. The highest BCUT2D eigenvalue weighted by atomic mass is 35.5. The molecule has 15 nitrogen and oxygen atoms in total. The maximum Gasteiger partial charge on any atom is 0.426 e. The zero-order chi connectivity index (χ0) is 48.1. The van der Waals surface area contributed by atoms with Crippen molar-refractivity contribution >= 4 is 64.6 Å². The predicted molar refractivity (Wildman–Crippen MR) is 229 cm³/mol. The maximum atomic E-state index is 14.7. The van der Waals surface area contributed by atoms with Gasteiger partial charge in [0.2, 0.25) is 41.0 Å². The molecule has 0 radical (unpaired) electrons. The van der Waals surface area contributed by atoms with E-state index in [-0.39, 0.29) is 62.4 Å². The van der Waals surface area contributed by atoms with Crippen molar-refractivity contribution in [3.8, 4) is 0 Å². The number of halogens is 6. The van der Waals surface area contributed by atoms with Gasteiger partial charge < -0.3 is 41.1 Å². The third-order valence-electron chi connectivity index (χ3n) is 12.4. The normalized spacial score (nSPS) is 25.7. The summed E-state index contributed by atoms with van der Waals surface area (Å²) in [6, 6.07) is -2.25. The molecular weight excluding hydrogens is 889 g/mol. The Morgan fingerprint density at radius 2 is 1.67 bits per heavy atom. The quantitative estimate of drug-likeness (QED) is 0.206. The molecule has 1 aromatic rings. The fourth-order valence-electron chi connectivity index (χ4n) is 8.12. The van der Waals surface area contributed by atoms with Gasteiger partial charge in [-0.25, -0.2) is 4.39 Å². The van der Waals surface area contributed by atoms with Crippen molar-refractivity contribution in [2.75, 3.05) is 27.2 Å². The van der Waals surface area contributed by atoms with Crippen molar-refractivity contribution in [2.45, 2.75) is 153 Å². The molecule has 1 saturated carbocycles. The van der Waals surface area contributed by atoms with Gasteiger partial charge in [-0.1, -0.05) is 56.3 Å². The zero-order valence-electron chi connectivity index (χ0n) is 37.3. The van der Waals surface area contributed by atoms with Crippen LogP contribution >= 0.6 is 23.2 Å². The number of aliphatic hydroxyl groups is 1. The first-order chi connectivity index (χ1) is 29.7. The summed E-state index contributed by atoms with van der Waals surface area (Å²) in [5.74, 6) is -6.64. The number of hydrogen-bond acceptors (Lipinski definition) is 8. The number of carbonyl (C=O) groups excluding carboxylic acids is 7.